The number of aromatic nitrogens is 11. The zero-order valence-corrected chi connectivity index (χ0v) is 78.9. The third kappa shape index (κ3) is 12.5. The molecule has 20 aromatic carbocycles. The van der Waals surface area contributed by atoms with Crippen LogP contribution in [0.1, 0.15) is 27.8 Å². The normalized spacial score (nSPS) is 12.1. The molecule has 0 unspecified atom stereocenters. The molecule has 0 aliphatic carbocycles. The maximum Gasteiger partial charge on any atom is 0.220 e. The van der Waals surface area contributed by atoms with Crippen molar-refractivity contribution in [3.8, 4) is 28.4 Å². The minimum atomic E-state index is 0.889. The first-order valence-corrected chi connectivity index (χ1v) is 48.7. The zero-order valence-electron chi connectivity index (χ0n) is 78.9. The fourth-order valence-electron chi connectivity index (χ4n) is 22.6. The molecule has 0 radical (unpaired) electrons. The molecule has 33 rings (SSSR count). The van der Waals surface area contributed by atoms with Gasteiger partial charge in [-0.05, 0) is 251 Å². The lowest BCUT2D eigenvalue weighted by Gasteiger charge is -2.08. The molecule has 33 aromatic rings. The fourth-order valence-corrected chi connectivity index (χ4v) is 22.6. The molecule has 144 heavy (non-hydrogen) atoms. The molecule has 0 amide bonds. The number of benzene rings is 20. The summed E-state index contributed by atoms with van der Waals surface area (Å²) in [5.74, 6) is 2.74. The summed E-state index contributed by atoms with van der Waals surface area (Å²) >= 11 is 0. The van der Waals surface area contributed by atoms with E-state index in [1.165, 1.54) is 71.1 Å². The van der Waals surface area contributed by atoms with Crippen molar-refractivity contribution in [1.29, 1.82) is 0 Å². The van der Waals surface area contributed by atoms with Crippen molar-refractivity contribution in [2.75, 3.05) is 0 Å². The van der Waals surface area contributed by atoms with Crippen molar-refractivity contribution in [1.82, 2.24) is 51.0 Å². The van der Waals surface area contributed by atoms with Gasteiger partial charge in [-0.2, -0.15) is 0 Å². The molecule has 0 N–H and O–H groups in total. The van der Waals surface area contributed by atoms with E-state index in [0.29, 0.717) is 0 Å². The Kier molecular flexibility index (Phi) is 18.2. The van der Waals surface area contributed by atoms with Gasteiger partial charge in [0.25, 0.3) is 0 Å². The molecule has 0 atom stereocenters. The van der Waals surface area contributed by atoms with Gasteiger partial charge in [0.1, 0.15) is 55.8 Å². The second-order valence-corrected chi connectivity index (χ2v) is 37.6. The summed E-state index contributed by atoms with van der Waals surface area (Å²) in [5, 5.41) is 16.6. The van der Waals surface area contributed by atoms with Crippen LogP contribution in [0.15, 0.2) is 447 Å². The van der Waals surface area contributed by atoms with Gasteiger partial charge in [-0.1, -0.05) is 236 Å². The Balaban J connectivity index is 0.0000000857. The second-order valence-electron chi connectivity index (χ2n) is 37.6. The van der Waals surface area contributed by atoms with Crippen molar-refractivity contribution < 1.29 is 22.1 Å². The molecule has 0 spiro atoms. The molecule has 682 valence electrons. The highest BCUT2D eigenvalue weighted by atomic mass is 16.3. The topological polar surface area (TPSA) is 142 Å². The van der Waals surface area contributed by atoms with Crippen LogP contribution in [0.2, 0.25) is 0 Å². The predicted octanol–water partition coefficient (Wildman–Crippen LogP) is 33.9. The number of furan rings is 5. The van der Waals surface area contributed by atoms with E-state index in [0.717, 1.165) is 222 Å². The van der Waals surface area contributed by atoms with E-state index in [1.54, 1.807) is 0 Å². The lowest BCUT2D eigenvalue weighted by atomic mass is 10.1. The van der Waals surface area contributed by atoms with Gasteiger partial charge in [-0.3, -0.25) is 26.9 Å². The smallest absolute Gasteiger partial charge is 0.220 e. The number of nitrogens with zero attached hydrogens (tertiary/aromatic N) is 11. The van der Waals surface area contributed by atoms with Gasteiger partial charge in [0.2, 0.25) is 17.3 Å². The van der Waals surface area contributed by atoms with Gasteiger partial charge in [-0.25, -0.2) is 15.0 Å². The van der Waals surface area contributed by atoms with Gasteiger partial charge in [0, 0.05) is 76.0 Å². The highest BCUT2D eigenvalue weighted by molar-refractivity contribution is 6.17. The van der Waals surface area contributed by atoms with Gasteiger partial charge in [-0.15, -0.1) is 0 Å². The monoisotopic (exact) mass is 1860 g/mol. The van der Waals surface area contributed by atoms with Crippen LogP contribution in [0.5, 0.6) is 0 Å². The summed E-state index contributed by atoms with van der Waals surface area (Å²) in [6.07, 6.45) is 0. The molecule has 16 nitrogen and oxygen atoms in total. The summed E-state index contributed by atoms with van der Waals surface area (Å²) in [6.45, 7) is 10.5. The Morgan fingerprint density at radius 2 is 0.444 bits per heavy atom. The van der Waals surface area contributed by atoms with Crippen molar-refractivity contribution in [3.05, 3.63) is 452 Å². The van der Waals surface area contributed by atoms with Gasteiger partial charge in [0.15, 0.2) is 0 Å². The van der Waals surface area contributed by atoms with E-state index in [1.807, 2.05) is 30.3 Å². The summed E-state index contributed by atoms with van der Waals surface area (Å²) in [7, 11) is 0. The van der Waals surface area contributed by atoms with Crippen LogP contribution in [-0.4, -0.2) is 51.0 Å². The van der Waals surface area contributed by atoms with Crippen LogP contribution in [0, 0.1) is 34.6 Å². The van der Waals surface area contributed by atoms with Crippen LogP contribution in [0.4, 0.5) is 0 Å². The van der Waals surface area contributed by atoms with E-state index in [-0.39, 0.29) is 0 Å². The quantitative estimate of drug-likeness (QED) is 0.166. The third-order valence-electron chi connectivity index (χ3n) is 29.0. The molecular weight excluding hydrogens is 1770 g/mol. The standard InChI is InChI=1S/3C26H17N3O.2C25H17NO/c1-16-8-6-9-17-24-22(14-7-15-23(24)30-25(16)17)29-21-13-5-4-12-20(21)28-19-11-3-2-10-18(19)27-26(28)29;1-16-7-6-8-18-19-15-17(13-14-24(19)30-25(16)18)28-22-11-4-5-12-23(22)29-21-10-3-2-9-20(21)27-26(28)29;1-16-13-14-23-17(15-16)25-22(11-6-12-24(25)30-23)29-21-10-5-4-9-20(21)28-19-8-3-2-7-18(19)27-26(28)29;1-16-7-6-10-20-21-15-17(13-14-24(21)27-25(16)20)26-22-11-4-2-8-18(22)19-9-3-5-12-23(19)26;1-16-10-12-24-20(14-16)21-15-17(11-13-25(21)27-24)26-22-8-4-2-6-18(22)19-7-3-5-9-23(19)26/h3*2-15H,1H3;2*2-15H,1H3. The van der Waals surface area contributed by atoms with Gasteiger partial charge in [0.05, 0.1) is 116 Å². The predicted molar refractivity (Wildman–Crippen MR) is 590 cm³/mol. The van der Waals surface area contributed by atoms with Crippen molar-refractivity contribution in [3.63, 3.8) is 0 Å². The molecule has 0 saturated heterocycles. The Morgan fingerprint density at radius 3 is 0.868 bits per heavy atom. The van der Waals surface area contributed by atoms with E-state index < -0.39 is 0 Å². The SMILES string of the molecule is Cc1ccc2oc3ccc(-n4c5ccccc5c5ccccc54)cc3c2c1.Cc1ccc2oc3cccc(-n4c5ccccc5n5c6ccccc6nc45)c3c2c1.Cc1cccc2c1oc1ccc(-n3c4ccccc4c4ccccc43)cc12.Cc1cccc2c1oc1ccc(-n3c4ccccc4n4c5ccccc5nc34)cc12.Cc1cccc2c1oc1cccc(-n3c4ccccc4n4c5ccccc5nc34)c12. The van der Waals surface area contributed by atoms with E-state index >= 15 is 0 Å². The average molecular weight is 1860 g/mol. The first-order chi connectivity index (χ1) is 71.0. The Labute approximate surface area is 820 Å². The largest absolute Gasteiger partial charge is 0.456 e. The average Bonchev–Trinajstić information content (AvgIpc) is 1.55. The van der Waals surface area contributed by atoms with Crippen molar-refractivity contribution in [2.24, 2.45) is 0 Å². The minimum Gasteiger partial charge on any atom is -0.456 e. The first kappa shape index (κ1) is 81.9. The van der Waals surface area contributed by atoms with E-state index in [2.05, 4.69) is 465 Å². The zero-order chi connectivity index (χ0) is 95.4. The third-order valence-corrected chi connectivity index (χ3v) is 29.0. The molecule has 0 aliphatic rings. The number of fused-ring (bicyclic) bond motifs is 36. The number of aryl methyl sites for hydroxylation is 5. The fraction of sp³-hybridized carbons (Fsp3) is 0.0391. The Morgan fingerprint density at radius 1 is 0.174 bits per heavy atom. The Bertz CT molecular complexity index is 10800. The Hall–Kier alpha value is -19.2. The van der Waals surface area contributed by atoms with Crippen LogP contribution in [-0.2, 0) is 0 Å². The summed E-state index contributed by atoms with van der Waals surface area (Å²) in [5.41, 5.74) is 38.8. The molecule has 16 heteroatoms. The number of hydrogen-bond donors (Lipinski definition) is 0. The van der Waals surface area contributed by atoms with Crippen LogP contribution < -0.4 is 0 Å². The molecule has 13 heterocycles. The molecular formula is C128H85N11O5. The lowest BCUT2D eigenvalue weighted by molar-refractivity contribution is 0.665. The highest BCUT2D eigenvalue weighted by Crippen LogP contribution is 2.45. The minimum absolute atomic E-state index is 0.889. The van der Waals surface area contributed by atoms with Crippen molar-refractivity contribution in [2.45, 2.75) is 34.6 Å². The van der Waals surface area contributed by atoms with Gasteiger partial charge < -0.3 is 31.2 Å². The molecule has 0 bridgehead atoms. The number of para-hydroxylation sites is 19. The maximum absolute atomic E-state index is 6.26. The molecule has 0 saturated carbocycles. The van der Waals surface area contributed by atoms with Gasteiger partial charge >= 0.3 is 0 Å². The number of imidazole rings is 6. The lowest BCUT2D eigenvalue weighted by Crippen LogP contribution is -1.95. The van der Waals surface area contributed by atoms with Crippen LogP contribution >= 0.6 is 0 Å². The van der Waals surface area contributed by atoms with E-state index in [4.69, 9.17) is 37.0 Å². The highest BCUT2D eigenvalue weighted by Gasteiger charge is 2.27. The summed E-state index contributed by atoms with van der Waals surface area (Å²) in [4.78, 5) is 15.0. The maximum atomic E-state index is 6.26. The molecule has 0 aliphatic heterocycles. The molecule has 13 aromatic heterocycles. The second kappa shape index (κ2) is 31.9. The van der Waals surface area contributed by atoms with Crippen molar-refractivity contribution >= 4 is 237 Å². The first-order valence-electron chi connectivity index (χ1n) is 48.7. The summed E-state index contributed by atoms with van der Waals surface area (Å²) in [6, 6.07) is 148. The number of rotatable bonds is 5. The van der Waals surface area contributed by atoms with Crippen LogP contribution in [0.3, 0.4) is 0 Å². The molecule has 0 fully saturated rings. The van der Waals surface area contributed by atoms with Crippen LogP contribution in [0.25, 0.3) is 265 Å². The van der Waals surface area contributed by atoms with E-state index in [9.17, 15) is 0 Å². The number of hydrogen-bond acceptors (Lipinski definition) is 8. The summed E-state index contributed by atoms with van der Waals surface area (Å²) < 4.78 is 49.0.